The highest BCUT2D eigenvalue weighted by Crippen LogP contribution is 2.24. The van der Waals surface area contributed by atoms with E-state index in [0.717, 1.165) is 16.7 Å². The highest BCUT2D eigenvalue weighted by atomic mass is 35.5. The van der Waals surface area contributed by atoms with E-state index >= 15 is 0 Å². The summed E-state index contributed by atoms with van der Waals surface area (Å²) in [6, 6.07) is 23.6. The summed E-state index contributed by atoms with van der Waals surface area (Å²) in [6.45, 7) is 0.201. The molecule has 0 saturated heterocycles. The third kappa shape index (κ3) is 6.33. The van der Waals surface area contributed by atoms with Gasteiger partial charge in [0.1, 0.15) is 6.04 Å². The Morgan fingerprint density at radius 1 is 0.903 bits per heavy atom. The lowest BCUT2D eigenvalue weighted by Gasteiger charge is -2.31. The SMILES string of the molecule is CNC(=O)[C@H](Cc1ccccc1)N(Cc1ccc(Cl)cc1Cl)C(=O)Cc1ccccc1. The zero-order valence-corrected chi connectivity index (χ0v) is 18.7. The van der Waals surface area contributed by atoms with E-state index in [2.05, 4.69) is 5.32 Å². The standard InChI is InChI=1S/C25H24Cl2N2O2/c1-28-25(31)23(14-18-8-4-2-5-9-18)29(17-20-12-13-21(26)16-22(20)27)24(30)15-19-10-6-3-7-11-19/h2-13,16,23H,14-15,17H2,1H3,(H,28,31)/t23-/m0/s1. The van der Waals surface area contributed by atoms with Crippen molar-refractivity contribution >= 4 is 35.0 Å². The van der Waals surface area contributed by atoms with Crippen molar-refractivity contribution in [2.75, 3.05) is 7.05 Å². The van der Waals surface area contributed by atoms with Gasteiger partial charge < -0.3 is 10.2 Å². The van der Waals surface area contributed by atoms with Crippen LogP contribution < -0.4 is 5.32 Å². The minimum atomic E-state index is -0.685. The number of rotatable bonds is 8. The predicted octanol–water partition coefficient (Wildman–Crippen LogP) is 4.92. The van der Waals surface area contributed by atoms with E-state index in [9.17, 15) is 9.59 Å². The molecule has 3 rings (SSSR count). The molecule has 6 heteroatoms. The maximum Gasteiger partial charge on any atom is 0.242 e. The number of nitrogens with one attached hydrogen (secondary N) is 1. The summed E-state index contributed by atoms with van der Waals surface area (Å²) in [6.07, 6.45) is 0.584. The second-order valence-electron chi connectivity index (χ2n) is 7.24. The first kappa shape index (κ1) is 22.9. The lowest BCUT2D eigenvalue weighted by atomic mass is 10.0. The Bertz CT molecular complexity index is 1030. The minimum Gasteiger partial charge on any atom is -0.357 e. The first-order valence-corrected chi connectivity index (χ1v) is 10.8. The van der Waals surface area contributed by atoms with Crippen LogP contribution in [0.4, 0.5) is 0 Å². The van der Waals surface area contributed by atoms with Gasteiger partial charge in [-0.05, 0) is 28.8 Å². The van der Waals surface area contributed by atoms with Crippen LogP contribution in [-0.2, 0) is 29.0 Å². The molecular weight excluding hydrogens is 431 g/mol. The van der Waals surface area contributed by atoms with Gasteiger partial charge in [-0.25, -0.2) is 0 Å². The quantitative estimate of drug-likeness (QED) is 0.524. The van der Waals surface area contributed by atoms with Crippen LogP contribution in [0.1, 0.15) is 16.7 Å². The van der Waals surface area contributed by atoms with Crippen molar-refractivity contribution in [3.63, 3.8) is 0 Å². The van der Waals surface area contributed by atoms with E-state index in [1.165, 1.54) is 0 Å². The molecule has 0 spiro atoms. The average Bonchev–Trinajstić information content (AvgIpc) is 2.78. The zero-order chi connectivity index (χ0) is 22.2. The highest BCUT2D eigenvalue weighted by molar-refractivity contribution is 6.35. The van der Waals surface area contributed by atoms with Gasteiger partial charge in [0.05, 0.1) is 6.42 Å². The van der Waals surface area contributed by atoms with Gasteiger partial charge in [0, 0.05) is 30.1 Å². The van der Waals surface area contributed by atoms with Gasteiger partial charge in [0.25, 0.3) is 0 Å². The van der Waals surface area contributed by atoms with Crippen LogP contribution in [0.2, 0.25) is 10.0 Å². The molecule has 0 heterocycles. The summed E-state index contributed by atoms with van der Waals surface area (Å²) in [4.78, 5) is 27.9. The summed E-state index contributed by atoms with van der Waals surface area (Å²) in [7, 11) is 1.58. The Labute approximate surface area is 192 Å². The number of amides is 2. The lowest BCUT2D eigenvalue weighted by Crippen LogP contribution is -2.50. The molecule has 3 aromatic carbocycles. The number of carbonyl (C=O) groups is 2. The van der Waals surface area contributed by atoms with Gasteiger partial charge in [-0.1, -0.05) is 89.9 Å². The largest absolute Gasteiger partial charge is 0.357 e. The number of hydrogen-bond donors (Lipinski definition) is 1. The van der Waals surface area contributed by atoms with E-state index in [1.54, 1.807) is 30.1 Å². The maximum atomic E-state index is 13.4. The predicted molar refractivity (Wildman–Crippen MR) is 125 cm³/mol. The summed E-state index contributed by atoms with van der Waals surface area (Å²) >= 11 is 12.4. The van der Waals surface area contributed by atoms with E-state index < -0.39 is 6.04 Å². The molecule has 1 atom stereocenters. The van der Waals surface area contributed by atoms with E-state index in [1.807, 2.05) is 60.7 Å². The third-order valence-electron chi connectivity index (χ3n) is 5.07. The van der Waals surface area contributed by atoms with E-state index in [-0.39, 0.29) is 24.8 Å². The molecule has 0 radical (unpaired) electrons. The Morgan fingerprint density at radius 2 is 1.52 bits per heavy atom. The topological polar surface area (TPSA) is 49.4 Å². The van der Waals surface area contributed by atoms with Gasteiger partial charge >= 0.3 is 0 Å². The second kappa shape index (κ2) is 11.0. The number of likely N-dealkylation sites (N-methyl/N-ethyl adjacent to an activating group) is 1. The normalized spacial score (nSPS) is 11.6. The van der Waals surface area contributed by atoms with Crippen LogP contribution in [0.25, 0.3) is 0 Å². The molecule has 2 amide bonds. The lowest BCUT2D eigenvalue weighted by molar-refractivity contribution is -0.140. The Morgan fingerprint density at radius 3 is 2.10 bits per heavy atom. The fourth-order valence-electron chi connectivity index (χ4n) is 3.43. The molecule has 1 N–H and O–H groups in total. The monoisotopic (exact) mass is 454 g/mol. The molecular formula is C25H24Cl2N2O2. The molecule has 0 saturated carbocycles. The van der Waals surface area contributed by atoms with Crippen LogP contribution >= 0.6 is 23.2 Å². The Kier molecular flexibility index (Phi) is 8.10. The fraction of sp³-hybridized carbons (Fsp3) is 0.200. The smallest absolute Gasteiger partial charge is 0.242 e. The van der Waals surface area contributed by atoms with E-state index in [4.69, 9.17) is 23.2 Å². The molecule has 0 fully saturated rings. The summed E-state index contributed by atoms with van der Waals surface area (Å²) in [5, 5.41) is 3.68. The van der Waals surface area contributed by atoms with Gasteiger partial charge in [0.15, 0.2) is 0 Å². The number of carbonyl (C=O) groups excluding carboxylic acids is 2. The molecule has 31 heavy (non-hydrogen) atoms. The third-order valence-corrected chi connectivity index (χ3v) is 5.66. The van der Waals surface area contributed by atoms with Crippen molar-refractivity contribution < 1.29 is 9.59 Å². The van der Waals surface area contributed by atoms with Crippen LogP contribution in [0.15, 0.2) is 78.9 Å². The number of nitrogens with zero attached hydrogens (tertiary/aromatic N) is 1. The molecule has 160 valence electrons. The Hall–Kier alpha value is -2.82. The van der Waals surface area contributed by atoms with Crippen molar-refractivity contribution in [3.8, 4) is 0 Å². The number of hydrogen-bond acceptors (Lipinski definition) is 2. The first-order chi connectivity index (χ1) is 15.0. The molecule has 0 bridgehead atoms. The van der Waals surface area contributed by atoms with Crippen molar-refractivity contribution in [2.24, 2.45) is 0 Å². The molecule has 0 aliphatic carbocycles. The molecule has 0 aliphatic heterocycles. The van der Waals surface area contributed by atoms with Crippen LogP contribution in [0, 0.1) is 0 Å². The van der Waals surface area contributed by atoms with Crippen LogP contribution in [-0.4, -0.2) is 29.8 Å². The van der Waals surface area contributed by atoms with Crippen LogP contribution in [0.3, 0.4) is 0 Å². The average molecular weight is 455 g/mol. The van der Waals surface area contributed by atoms with Crippen molar-refractivity contribution in [3.05, 3.63) is 106 Å². The zero-order valence-electron chi connectivity index (χ0n) is 17.2. The summed E-state index contributed by atoms with van der Waals surface area (Å²) < 4.78 is 0. The van der Waals surface area contributed by atoms with Gasteiger partial charge in [-0.3, -0.25) is 9.59 Å². The number of halogens is 2. The molecule has 0 unspecified atom stereocenters. The summed E-state index contributed by atoms with van der Waals surface area (Å²) in [5.74, 6) is -0.378. The minimum absolute atomic E-state index is 0.151. The molecule has 4 nitrogen and oxygen atoms in total. The maximum absolute atomic E-state index is 13.4. The second-order valence-corrected chi connectivity index (χ2v) is 8.08. The van der Waals surface area contributed by atoms with Gasteiger partial charge in [-0.2, -0.15) is 0 Å². The Balaban J connectivity index is 1.96. The van der Waals surface area contributed by atoms with Crippen molar-refractivity contribution in [1.29, 1.82) is 0 Å². The van der Waals surface area contributed by atoms with Crippen molar-refractivity contribution in [1.82, 2.24) is 10.2 Å². The molecule has 0 aliphatic rings. The van der Waals surface area contributed by atoms with Gasteiger partial charge in [0.2, 0.25) is 11.8 Å². The summed E-state index contributed by atoms with van der Waals surface area (Å²) in [5.41, 5.74) is 2.58. The fourth-order valence-corrected chi connectivity index (χ4v) is 3.89. The molecule has 3 aromatic rings. The number of benzene rings is 3. The van der Waals surface area contributed by atoms with Crippen molar-refractivity contribution in [2.45, 2.75) is 25.4 Å². The van der Waals surface area contributed by atoms with E-state index in [0.29, 0.717) is 16.5 Å². The highest BCUT2D eigenvalue weighted by Gasteiger charge is 2.30. The molecule has 0 aromatic heterocycles. The van der Waals surface area contributed by atoms with Crippen LogP contribution in [0.5, 0.6) is 0 Å². The van der Waals surface area contributed by atoms with Gasteiger partial charge in [-0.15, -0.1) is 0 Å². The first-order valence-electron chi connectivity index (χ1n) is 10.0.